The summed E-state index contributed by atoms with van der Waals surface area (Å²) >= 11 is 0. The zero-order chi connectivity index (χ0) is 33.0. The van der Waals surface area contributed by atoms with E-state index in [0.29, 0.717) is 5.92 Å². The van der Waals surface area contributed by atoms with Gasteiger partial charge < -0.3 is 9.47 Å². The smallest absolute Gasteiger partial charge is 0.0541 e. The van der Waals surface area contributed by atoms with Crippen LogP contribution in [0, 0.1) is 0 Å². The number of anilines is 2. The summed E-state index contributed by atoms with van der Waals surface area (Å²) in [6, 6.07) is 64.0. The summed E-state index contributed by atoms with van der Waals surface area (Å²) in [5, 5.41) is 2.54. The van der Waals surface area contributed by atoms with Crippen LogP contribution in [0.4, 0.5) is 11.4 Å². The van der Waals surface area contributed by atoms with E-state index >= 15 is 0 Å². The molecule has 2 heteroatoms. The SMILES string of the molecule is C1=C(c2ccc3c(c2)c2cc(-c4ccccc4)ccc2n3-c2cccc(-c3ccccc3)c2)CC2C(=C1)N(c1ccccc1)c1ccccc12. The first-order valence-electron chi connectivity index (χ1n) is 17.4. The molecule has 0 spiro atoms. The standard InChI is InChI=1S/C48H34N2/c1-4-13-33(14-5-1)35-17-12-20-40(29-35)50-47-26-23-36(34-15-6-2-7-16-34)30-43(47)44-32-38(25-28-48(44)50)37-24-27-46-42(31-37)41-21-10-11-22-45(41)49(46)39-18-8-3-9-19-39/h1-30,32,42H,31H2. The second-order valence-corrected chi connectivity index (χ2v) is 13.4. The van der Waals surface area contributed by atoms with Crippen molar-refractivity contribution in [3.8, 4) is 27.9 Å². The molecule has 0 amide bonds. The van der Waals surface area contributed by atoms with Crippen LogP contribution in [0.2, 0.25) is 0 Å². The number of hydrogen-bond donors (Lipinski definition) is 0. The molecule has 1 aliphatic carbocycles. The highest BCUT2D eigenvalue weighted by molar-refractivity contribution is 6.11. The van der Waals surface area contributed by atoms with Crippen molar-refractivity contribution in [3.63, 3.8) is 0 Å². The van der Waals surface area contributed by atoms with Gasteiger partial charge >= 0.3 is 0 Å². The zero-order valence-electron chi connectivity index (χ0n) is 27.6. The molecule has 0 bridgehead atoms. The highest BCUT2D eigenvalue weighted by Crippen LogP contribution is 2.52. The van der Waals surface area contributed by atoms with E-state index in [0.717, 1.165) is 6.42 Å². The quantitative estimate of drug-likeness (QED) is 0.182. The topological polar surface area (TPSA) is 8.17 Å². The number of hydrogen-bond acceptors (Lipinski definition) is 1. The molecule has 1 atom stereocenters. The third-order valence-corrected chi connectivity index (χ3v) is 10.5. The lowest BCUT2D eigenvalue weighted by Gasteiger charge is -2.26. The zero-order valence-corrected chi connectivity index (χ0v) is 27.6. The summed E-state index contributed by atoms with van der Waals surface area (Å²) in [6.45, 7) is 0. The van der Waals surface area contributed by atoms with Gasteiger partial charge in [-0.1, -0.05) is 127 Å². The van der Waals surface area contributed by atoms with E-state index < -0.39 is 0 Å². The summed E-state index contributed by atoms with van der Waals surface area (Å²) in [4.78, 5) is 2.44. The van der Waals surface area contributed by atoms with Crippen molar-refractivity contribution in [2.75, 3.05) is 4.90 Å². The van der Waals surface area contributed by atoms with E-state index in [1.54, 1.807) is 0 Å². The average Bonchev–Trinajstić information content (AvgIpc) is 3.71. The molecule has 0 saturated carbocycles. The summed E-state index contributed by atoms with van der Waals surface area (Å²) in [6.07, 6.45) is 5.67. The van der Waals surface area contributed by atoms with Gasteiger partial charge in [0.1, 0.15) is 0 Å². The Morgan fingerprint density at radius 2 is 0.980 bits per heavy atom. The minimum atomic E-state index is 0.314. The number of rotatable bonds is 5. The maximum atomic E-state index is 2.44. The summed E-state index contributed by atoms with van der Waals surface area (Å²) < 4.78 is 2.44. The Kier molecular flexibility index (Phi) is 6.67. The van der Waals surface area contributed by atoms with Crippen molar-refractivity contribution in [2.24, 2.45) is 0 Å². The van der Waals surface area contributed by atoms with Crippen LogP contribution >= 0.6 is 0 Å². The van der Waals surface area contributed by atoms with Crippen LogP contribution in [-0.4, -0.2) is 4.57 Å². The highest BCUT2D eigenvalue weighted by Gasteiger charge is 2.36. The molecule has 2 aliphatic rings. The highest BCUT2D eigenvalue weighted by atomic mass is 15.2. The molecule has 7 aromatic carbocycles. The second-order valence-electron chi connectivity index (χ2n) is 13.4. The molecule has 10 rings (SSSR count). The Hall–Kier alpha value is -6.38. The van der Waals surface area contributed by atoms with Gasteiger partial charge in [-0.15, -0.1) is 0 Å². The molecule has 0 N–H and O–H groups in total. The van der Waals surface area contributed by atoms with Crippen molar-refractivity contribution in [1.29, 1.82) is 0 Å². The minimum Gasteiger partial charge on any atom is -0.313 e. The first-order chi connectivity index (χ1) is 24.8. The van der Waals surface area contributed by atoms with E-state index in [2.05, 4.69) is 198 Å². The van der Waals surface area contributed by atoms with E-state index in [9.17, 15) is 0 Å². The molecule has 2 heterocycles. The van der Waals surface area contributed by atoms with E-state index in [-0.39, 0.29) is 0 Å². The third kappa shape index (κ3) is 4.64. The normalized spacial score (nSPS) is 15.1. The number of benzene rings is 7. The second kappa shape index (κ2) is 11.6. The Labute approximate surface area is 292 Å². The lowest BCUT2D eigenvalue weighted by atomic mass is 9.84. The molecule has 0 saturated heterocycles. The lowest BCUT2D eigenvalue weighted by Crippen LogP contribution is -2.15. The van der Waals surface area contributed by atoms with Crippen LogP contribution in [0.15, 0.2) is 194 Å². The average molecular weight is 639 g/mol. The number of aromatic nitrogens is 1. The fourth-order valence-electron chi connectivity index (χ4n) is 8.17. The number of nitrogens with zero attached hydrogens (tertiary/aromatic N) is 2. The molecule has 0 fully saturated rings. The number of para-hydroxylation sites is 2. The molecule has 2 nitrogen and oxygen atoms in total. The van der Waals surface area contributed by atoms with Gasteiger partial charge in [0.15, 0.2) is 0 Å². The molecule has 1 unspecified atom stereocenters. The molecule has 50 heavy (non-hydrogen) atoms. The molecule has 0 radical (unpaired) electrons. The van der Waals surface area contributed by atoms with Gasteiger partial charge in [-0.05, 0) is 106 Å². The van der Waals surface area contributed by atoms with Crippen molar-refractivity contribution in [2.45, 2.75) is 12.3 Å². The van der Waals surface area contributed by atoms with Crippen molar-refractivity contribution >= 4 is 38.8 Å². The maximum Gasteiger partial charge on any atom is 0.0541 e. The van der Waals surface area contributed by atoms with E-state index in [1.807, 2.05) is 0 Å². The fraction of sp³-hybridized carbons (Fsp3) is 0.0417. The van der Waals surface area contributed by atoms with Crippen molar-refractivity contribution in [1.82, 2.24) is 4.57 Å². The molecule has 8 aromatic rings. The predicted octanol–water partition coefficient (Wildman–Crippen LogP) is 12.7. The van der Waals surface area contributed by atoms with Gasteiger partial charge in [0.2, 0.25) is 0 Å². The maximum absolute atomic E-state index is 2.44. The predicted molar refractivity (Wildman–Crippen MR) is 210 cm³/mol. The van der Waals surface area contributed by atoms with Gasteiger partial charge in [0, 0.05) is 39.4 Å². The molecule has 236 valence electrons. The van der Waals surface area contributed by atoms with Gasteiger partial charge in [0.25, 0.3) is 0 Å². The molecule has 1 aromatic heterocycles. The van der Waals surface area contributed by atoms with E-state index in [4.69, 9.17) is 0 Å². The van der Waals surface area contributed by atoms with Gasteiger partial charge in [-0.3, -0.25) is 0 Å². The summed E-state index contributed by atoms with van der Waals surface area (Å²) in [5.41, 5.74) is 16.4. The summed E-state index contributed by atoms with van der Waals surface area (Å²) in [5.74, 6) is 0.314. The van der Waals surface area contributed by atoms with Gasteiger partial charge in [-0.25, -0.2) is 0 Å². The minimum absolute atomic E-state index is 0.314. The first-order valence-corrected chi connectivity index (χ1v) is 17.4. The Morgan fingerprint density at radius 3 is 1.70 bits per heavy atom. The molecule has 1 aliphatic heterocycles. The number of fused-ring (bicyclic) bond motifs is 6. The Bertz CT molecular complexity index is 2610. The summed E-state index contributed by atoms with van der Waals surface area (Å²) in [7, 11) is 0. The third-order valence-electron chi connectivity index (χ3n) is 10.5. The van der Waals surface area contributed by atoms with Crippen LogP contribution in [0.5, 0.6) is 0 Å². The number of allylic oxidation sites excluding steroid dienone is 4. The molecular weight excluding hydrogens is 605 g/mol. The van der Waals surface area contributed by atoms with Gasteiger partial charge in [0.05, 0.1) is 11.0 Å². The first kappa shape index (κ1) is 28.6. The van der Waals surface area contributed by atoms with Crippen LogP contribution in [0.3, 0.4) is 0 Å². The largest absolute Gasteiger partial charge is 0.313 e. The van der Waals surface area contributed by atoms with Crippen molar-refractivity contribution < 1.29 is 0 Å². The van der Waals surface area contributed by atoms with Crippen LogP contribution in [0.1, 0.15) is 23.5 Å². The van der Waals surface area contributed by atoms with Crippen LogP contribution in [0.25, 0.3) is 55.3 Å². The van der Waals surface area contributed by atoms with Gasteiger partial charge in [-0.2, -0.15) is 0 Å². The van der Waals surface area contributed by atoms with Crippen molar-refractivity contribution in [3.05, 3.63) is 205 Å². The monoisotopic (exact) mass is 638 g/mol. The van der Waals surface area contributed by atoms with Crippen LogP contribution in [-0.2, 0) is 0 Å². The Balaban J connectivity index is 1.13. The lowest BCUT2D eigenvalue weighted by molar-refractivity contribution is 0.832. The van der Waals surface area contributed by atoms with Crippen LogP contribution < -0.4 is 4.90 Å². The molecular formula is C48H34N2. The Morgan fingerprint density at radius 1 is 0.420 bits per heavy atom. The fourth-order valence-corrected chi connectivity index (χ4v) is 8.17. The van der Waals surface area contributed by atoms with E-state index in [1.165, 1.54) is 83.5 Å².